The van der Waals surface area contributed by atoms with E-state index < -0.39 is 0 Å². The summed E-state index contributed by atoms with van der Waals surface area (Å²) >= 11 is 2.83. The van der Waals surface area contributed by atoms with Crippen molar-refractivity contribution >= 4 is 12.5 Å². The molecule has 0 aromatic heterocycles. The second-order valence-electron chi connectivity index (χ2n) is 0. The molecule has 18 valence electrons. The second kappa shape index (κ2) is 18.8. The van der Waals surface area contributed by atoms with Crippen LogP contribution in [-0.2, 0) is 78.0 Å². The molecule has 1 nitrogen and oxygen atoms in total. The topological polar surface area (TPSA) is 17.1 Å². The van der Waals surface area contributed by atoms with E-state index in [0.717, 1.165) is 0 Å². The van der Waals surface area contributed by atoms with Crippen LogP contribution in [0.4, 0.5) is 0 Å². The molecule has 0 heterocycles. The maximum Gasteiger partial charge on any atom is 0.197 e. The zero-order valence-electron chi connectivity index (χ0n) is 1.97. The molecule has 0 N–H and O–H groups in total. The Labute approximate surface area is 80.6 Å². The van der Waals surface area contributed by atoms with Gasteiger partial charge in [-0.1, -0.05) is 0 Å². The minimum Gasteiger partial charge on any atom is -0.197 e. The Kier molecular flexibility index (Phi) is 76.9. The van der Waals surface area contributed by atoms with E-state index in [2.05, 4.69) is 12.5 Å². The summed E-state index contributed by atoms with van der Waals surface area (Å²) in [6, 6.07) is 0. The summed E-state index contributed by atoms with van der Waals surface area (Å²) in [5.74, 6) is 0. The Morgan fingerprint density at radius 2 is 1.00 bits per heavy atom. The van der Waals surface area contributed by atoms with Crippen LogP contribution >= 0.6 is 0 Å². The summed E-state index contributed by atoms with van der Waals surface area (Å²) in [6.45, 7) is 0. The first-order valence-electron chi connectivity index (χ1n) is 0.167. The molecule has 0 spiro atoms. The van der Waals surface area contributed by atoms with Crippen molar-refractivity contribution in [2.24, 2.45) is 0 Å². The van der Waals surface area contributed by atoms with Crippen molar-refractivity contribution in [3.63, 3.8) is 0 Å². The normalized spacial score (nSPS) is 1.00. The summed E-state index contributed by atoms with van der Waals surface area (Å²) in [5, 5.41) is 0. The van der Waals surface area contributed by atoms with Gasteiger partial charge in [0.25, 0.3) is 0 Å². The Morgan fingerprint density at radius 1 is 1.00 bits per heavy atom. The van der Waals surface area contributed by atoms with Crippen LogP contribution in [0.15, 0.2) is 0 Å². The second-order valence-corrected chi connectivity index (χ2v) is 0. The van der Waals surface area contributed by atoms with Gasteiger partial charge in [-0.05, 0) is 0 Å². The summed E-state index contributed by atoms with van der Waals surface area (Å²) in [7, 11) is 0. The predicted molar refractivity (Wildman–Crippen MR) is 8.14 cm³/mol. The molecule has 0 aliphatic rings. The third-order valence-corrected chi connectivity index (χ3v) is 0. The van der Waals surface area contributed by atoms with E-state index in [0.29, 0.717) is 0 Å². The van der Waals surface area contributed by atoms with Crippen LogP contribution in [0.5, 0.6) is 0 Å². The molecule has 0 atom stereocenters. The minimum atomic E-state index is 0. The molecule has 4 heteroatoms. The third kappa shape index (κ3) is 8.88. The summed E-state index contributed by atoms with van der Waals surface area (Å²) in [4.78, 5) is 0. The van der Waals surface area contributed by atoms with E-state index in [4.69, 9.17) is 4.21 Å². The zero-order chi connectivity index (χ0) is 2.00. The Balaban J connectivity index is -0.00000000500. The number of rotatable bonds is 0. The van der Waals surface area contributed by atoms with E-state index in [1.807, 2.05) is 0 Å². The van der Waals surface area contributed by atoms with Crippen LogP contribution < -0.4 is 0 Å². The van der Waals surface area contributed by atoms with Crippen LogP contribution in [-0.4, -0.2) is 4.21 Å². The number of hydrogen-bond donors (Lipinski definition) is 0. The largest absolute Gasteiger partial charge is 0.197 e. The monoisotopic (exact) mass is 226 g/mol. The van der Waals surface area contributed by atoms with Gasteiger partial charge in [0, 0.05) is 65.4 Å². The van der Waals surface area contributed by atoms with Crippen molar-refractivity contribution in [1.29, 1.82) is 0 Å². The van der Waals surface area contributed by atoms with Gasteiger partial charge in [0.2, 0.25) is 0 Å². The van der Waals surface area contributed by atoms with Gasteiger partial charge >= 0.3 is 0 Å². The Hall–Kier alpha value is 2.23. The molecule has 0 aromatic rings. The molecule has 0 saturated heterocycles. The Morgan fingerprint density at radius 3 is 1.00 bits per heavy atom. The average Bonchev–Trinajstić information content (AvgIpc) is 1.00. The molecule has 2 radical (unpaired) electrons. The molecule has 0 bridgehead atoms. The fraction of sp³-hybridized carbons (Fsp3) is 0. The molecular formula is OSY2. The molecule has 0 rings (SSSR count). The number of hydrogen-bond acceptors (Lipinski definition) is 2. The summed E-state index contributed by atoms with van der Waals surface area (Å²) in [5.41, 5.74) is 0. The van der Waals surface area contributed by atoms with Crippen LogP contribution in [0, 0.1) is 0 Å². The van der Waals surface area contributed by atoms with E-state index in [1.165, 1.54) is 0 Å². The van der Waals surface area contributed by atoms with Crippen molar-refractivity contribution in [2.75, 3.05) is 0 Å². The van der Waals surface area contributed by atoms with Gasteiger partial charge in [-0.25, -0.2) is 0 Å². The van der Waals surface area contributed by atoms with Crippen molar-refractivity contribution in [3.05, 3.63) is 0 Å². The van der Waals surface area contributed by atoms with E-state index >= 15 is 0 Å². The molecule has 4 heavy (non-hydrogen) atoms. The third-order valence-electron chi connectivity index (χ3n) is 0. The molecule has 0 aliphatic heterocycles. The van der Waals surface area contributed by atoms with E-state index in [1.54, 1.807) is 0 Å². The standard InChI is InChI=1S/OS.2Y/c1-2;;. The van der Waals surface area contributed by atoms with Crippen LogP contribution in [0.2, 0.25) is 0 Å². The van der Waals surface area contributed by atoms with Gasteiger partial charge in [-0.3, -0.25) is 0 Å². The average molecular weight is 226 g/mol. The van der Waals surface area contributed by atoms with E-state index in [-0.39, 0.29) is 65.4 Å². The van der Waals surface area contributed by atoms with Gasteiger partial charge in [0.05, 0.1) is 0 Å². The maximum atomic E-state index is 7.83. The van der Waals surface area contributed by atoms with Gasteiger partial charge in [-0.2, -0.15) is 4.21 Å². The fourth-order valence-corrected chi connectivity index (χ4v) is 0. The quantitative estimate of drug-likeness (QED) is 0.561. The predicted octanol–water partition coefficient (Wildman–Crippen LogP) is -0.341. The van der Waals surface area contributed by atoms with Crippen LogP contribution in [0.3, 0.4) is 0 Å². The first-order valence-corrected chi connectivity index (χ1v) is 0.500. The minimum absolute atomic E-state index is 0. The zero-order valence-corrected chi connectivity index (χ0v) is 8.46. The smallest absolute Gasteiger partial charge is 0.197 e. The van der Waals surface area contributed by atoms with E-state index in [9.17, 15) is 0 Å². The maximum absolute atomic E-state index is 7.83. The van der Waals surface area contributed by atoms with Crippen LogP contribution in [0.1, 0.15) is 0 Å². The molecule has 0 aromatic carbocycles. The van der Waals surface area contributed by atoms with Crippen molar-refractivity contribution in [2.45, 2.75) is 0 Å². The van der Waals surface area contributed by atoms with Gasteiger partial charge in [-0.15, -0.1) is 0 Å². The molecule has 0 amide bonds. The first kappa shape index (κ1) is 16.3. The van der Waals surface area contributed by atoms with Gasteiger partial charge < -0.3 is 0 Å². The molecule has 0 saturated carbocycles. The van der Waals surface area contributed by atoms with Crippen LogP contribution in [0.25, 0.3) is 0 Å². The SMILES string of the molecule is O=S.[Y].[Y]. The fourth-order valence-electron chi connectivity index (χ4n) is 0. The molecular weight excluding hydrogens is 226 g/mol. The van der Waals surface area contributed by atoms with Crippen molar-refractivity contribution in [1.82, 2.24) is 0 Å². The van der Waals surface area contributed by atoms with Gasteiger partial charge in [0.1, 0.15) is 0 Å². The first-order chi connectivity index (χ1) is 1.00. The Bertz CT molecular complexity index is 6.00. The van der Waals surface area contributed by atoms with Crippen molar-refractivity contribution in [3.8, 4) is 0 Å². The molecule has 0 unspecified atom stereocenters. The summed E-state index contributed by atoms with van der Waals surface area (Å²) < 4.78 is 7.83. The van der Waals surface area contributed by atoms with Crippen molar-refractivity contribution < 1.29 is 69.6 Å². The molecule has 0 fully saturated rings. The summed E-state index contributed by atoms with van der Waals surface area (Å²) in [6.07, 6.45) is 0. The van der Waals surface area contributed by atoms with Gasteiger partial charge in [0.15, 0.2) is 12.5 Å². The molecule has 0 aliphatic carbocycles.